The zero-order chi connectivity index (χ0) is 9.19. The topological polar surface area (TPSA) is 51.8 Å². The summed E-state index contributed by atoms with van der Waals surface area (Å²) in [5, 5.41) is 0. The molecular weight excluding hydrogens is 150 g/mol. The van der Waals surface area contributed by atoms with E-state index in [9.17, 15) is 0 Å². The Kier molecular flexibility index (Phi) is 2.31. The Morgan fingerprint density at radius 3 is 2.17 bits per heavy atom. The summed E-state index contributed by atoms with van der Waals surface area (Å²) >= 11 is 0. The second-order valence-corrected chi connectivity index (χ2v) is 4.17. The van der Waals surface area contributed by atoms with Crippen molar-refractivity contribution in [2.45, 2.75) is 27.2 Å². The summed E-state index contributed by atoms with van der Waals surface area (Å²) in [6.45, 7) is 6.48. The molecule has 1 heterocycles. The van der Waals surface area contributed by atoms with Crippen molar-refractivity contribution in [3.05, 3.63) is 18.2 Å². The third kappa shape index (κ3) is 2.86. The lowest BCUT2D eigenvalue weighted by atomic mass is 9.92. The van der Waals surface area contributed by atoms with Crippen LogP contribution in [0, 0.1) is 5.41 Å². The van der Waals surface area contributed by atoms with E-state index in [2.05, 4.69) is 30.7 Å². The minimum absolute atomic E-state index is 0.232. The van der Waals surface area contributed by atoms with Crippen molar-refractivity contribution in [3.8, 4) is 0 Å². The molecule has 0 aliphatic carbocycles. The molecule has 0 atom stereocenters. The lowest BCUT2D eigenvalue weighted by molar-refractivity contribution is 0.400. The van der Waals surface area contributed by atoms with Crippen LogP contribution in [0.1, 0.15) is 26.6 Å². The number of aromatic nitrogens is 2. The SMILES string of the molecule is CC(C)(C)Cc1ncc(N)cn1. The van der Waals surface area contributed by atoms with Gasteiger partial charge in [-0.25, -0.2) is 9.97 Å². The third-order valence-corrected chi connectivity index (χ3v) is 1.41. The Morgan fingerprint density at radius 1 is 1.25 bits per heavy atom. The van der Waals surface area contributed by atoms with Gasteiger partial charge in [0.05, 0.1) is 18.1 Å². The van der Waals surface area contributed by atoms with Gasteiger partial charge in [-0.15, -0.1) is 0 Å². The maximum absolute atomic E-state index is 5.47. The minimum Gasteiger partial charge on any atom is -0.396 e. The summed E-state index contributed by atoms with van der Waals surface area (Å²) < 4.78 is 0. The van der Waals surface area contributed by atoms with Gasteiger partial charge in [0.25, 0.3) is 0 Å². The lowest BCUT2D eigenvalue weighted by Gasteiger charge is -2.16. The first-order valence-corrected chi connectivity index (χ1v) is 4.04. The van der Waals surface area contributed by atoms with Gasteiger partial charge in [-0.05, 0) is 5.41 Å². The maximum atomic E-state index is 5.47. The Balaban J connectivity index is 2.71. The number of nitrogens with zero attached hydrogens (tertiary/aromatic N) is 2. The molecule has 3 heteroatoms. The number of nitrogen functional groups attached to an aromatic ring is 1. The number of hydrogen-bond donors (Lipinski definition) is 1. The fourth-order valence-electron chi connectivity index (χ4n) is 0.930. The molecule has 0 spiro atoms. The Labute approximate surface area is 73.0 Å². The van der Waals surface area contributed by atoms with Gasteiger partial charge in [-0.3, -0.25) is 0 Å². The highest BCUT2D eigenvalue weighted by Gasteiger charge is 2.12. The predicted octanol–water partition coefficient (Wildman–Crippen LogP) is 1.65. The molecule has 2 N–H and O–H groups in total. The highest BCUT2D eigenvalue weighted by Crippen LogP contribution is 2.17. The van der Waals surface area contributed by atoms with Crippen LogP contribution in [-0.4, -0.2) is 9.97 Å². The van der Waals surface area contributed by atoms with Crippen molar-refractivity contribution in [2.24, 2.45) is 5.41 Å². The van der Waals surface area contributed by atoms with Gasteiger partial charge in [-0.1, -0.05) is 20.8 Å². The van der Waals surface area contributed by atoms with E-state index in [1.165, 1.54) is 0 Å². The van der Waals surface area contributed by atoms with Crippen molar-refractivity contribution in [1.82, 2.24) is 9.97 Å². The molecule has 3 nitrogen and oxygen atoms in total. The number of hydrogen-bond acceptors (Lipinski definition) is 3. The first-order chi connectivity index (χ1) is 5.47. The smallest absolute Gasteiger partial charge is 0.128 e. The molecule has 0 fully saturated rings. The van der Waals surface area contributed by atoms with Gasteiger partial charge in [0, 0.05) is 6.42 Å². The van der Waals surface area contributed by atoms with Gasteiger partial charge in [0.15, 0.2) is 0 Å². The van der Waals surface area contributed by atoms with Crippen LogP contribution in [-0.2, 0) is 6.42 Å². The second-order valence-electron chi connectivity index (χ2n) is 4.17. The normalized spacial score (nSPS) is 11.6. The number of rotatable bonds is 1. The molecule has 66 valence electrons. The lowest BCUT2D eigenvalue weighted by Crippen LogP contribution is -2.11. The van der Waals surface area contributed by atoms with Crippen molar-refractivity contribution in [2.75, 3.05) is 5.73 Å². The van der Waals surface area contributed by atoms with E-state index in [1.807, 2.05) is 0 Å². The Morgan fingerprint density at radius 2 is 1.75 bits per heavy atom. The Hall–Kier alpha value is -1.12. The van der Waals surface area contributed by atoms with Gasteiger partial charge >= 0.3 is 0 Å². The molecule has 1 aromatic heterocycles. The molecule has 1 aromatic rings. The van der Waals surface area contributed by atoms with Crippen LogP contribution in [0.25, 0.3) is 0 Å². The molecular formula is C9H15N3. The van der Waals surface area contributed by atoms with Gasteiger partial charge in [0.2, 0.25) is 0 Å². The van der Waals surface area contributed by atoms with E-state index in [0.717, 1.165) is 12.2 Å². The van der Waals surface area contributed by atoms with E-state index < -0.39 is 0 Å². The van der Waals surface area contributed by atoms with Crippen LogP contribution in [0.5, 0.6) is 0 Å². The molecule has 0 amide bonds. The molecule has 0 bridgehead atoms. The average Bonchev–Trinajstić information content (AvgIpc) is 1.91. The molecule has 0 aliphatic heterocycles. The molecule has 0 aromatic carbocycles. The molecule has 1 rings (SSSR count). The molecule has 12 heavy (non-hydrogen) atoms. The van der Waals surface area contributed by atoms with Crippen molar-refractivity contribution in [3.63, 3.8) is 0 Å². The van der Waals surface area contributed by atoms with E-state index in [0.29, 0.717) is 5.69 Å². The summed E-state index contributed by atoms with van der Waals surface area (Å²) in [7, 11) is 0. The average molecular weight is 165 g/mol. The zero-order valence-corrected chi connectivity index (χ0v) is 7.83. The summed E-state index contributed by atoms with van der Waals surface area (Å²) in [6.07, 6.45) is 4.18. The van der Waals surface area contributed by atoms with Gasteiger partial charge in [0.1, 0.15) is 5.82 Å². The number of anilines is 1. The predicted molar refractivity (Wildman–Crippen MR) is 49.6 cm³/mol. The largest absolute Gasteiger partial charge is 0.396 e. The van der Waals surface area contributed by atoms with Crippen LogP contribution in [0.15, 0.2) is 12.4 Å². The summed E-state index contributed by atoms with van der Waals surface area (Å²) in [6, 6.07) is 0. The zero-order valence-electron chi connectivity index (χ0n) is 7.83. The second kappa shape index (κ2) is 3.09. The van der Waals surface area contributed by atoms with E-state index in [1.54, 1.807) is 12.4 Å². The van der Waals surface area contributed by atoms with Crippen LogP contribution < -0.4 is 5.73 Å². The molecule has 0 saturated heterocycles. The van der Waals surface area contributed by atoms with Crippen molar-refractivity contribution >= 4 is 5.69 Å². The van der Waals surface area contributed by atoms with E-state index in [4.69, 9.17) is 5.73 Å². The van der Waals surface area contributed by atoms with Gasteiger partial charge < -0.3 is 5.73 Å². The highest BCUT2D eigenvalue weighted by atomic mass is 14.9. The Bertz CT molecular complexity index is 245. The first-order valence-electron chi connectivity index (χ1n) is 4.04. The van der Waals surface area contributed by atoms with Crippen LogP contribution in [0.3, 0.4) is 0 Å². The van der Waals surface area contributed by atoms with E-state index in [-0.39, 0.29) is 5.41 Å². The highest BCUT2D eigenvalue weighted by molar-refractivity contribution is 5.30. The summed E-state index contributed by atoms with van der Waals surface area (Å²) in [5.74, 6) is 0.858. The van der Waals surface area contributed by atoms with Crippen LogP contribution in [0.2, 0.25) is 0 Å². The van der Waals surface area contributed by atoms with Crippen molar-refractivity contribution < 1.29 is 0 Å². The maximum Gasteiger partial charge on any atom is 0.128 e. The molecule has 0 radical (unpaired) electrons. The summed E-state index contributed by atoms with van der Waals surface area (Å²) in [4.78, 5) is 8.26. The molecule has 0 saturated carbocycles. The monoisotopic (exact) mass is 165 g/mol. The van der Waals surface area contributed by atoms with Crippen LogP contribution in [0.4, 0.5) is 5.69 Å². The standard InChI is InChI=1S/C9H15N3/c1-9(2,3)4-8-11-5-7(10)6-12-8/h5-6H,4,10H2,1-3H3. The van der Waals surface area contributed by atoms with E-state index >= 15 is 0 Å². The fourth-order valence-corrected chi connectivity index (χ4v) is 0.930. The molecule has 0 unspecified atom stereocenters. The third-order valence-electron chi connectivity index (χ3n) is 1.41. The fraction of sp³-hybridized carbons (Fsp3) is 0.556. The van der Waals surface area contributed by atoms with Crippen molar-refractivity contribution in [1.29, 1.82) is 0 Å². The van der Waals surface area contributed by atoms with Crippen LogP contribution >= 0.6 is 0 Å². The molecule has 0 aliphatic rings. The summed E-state index contributed by atoms with van der Waals surface area (Å²) in [5.41, 5.74) is 6.32. The quantitative estimate of drug-likeness (QED) is 0.688. The van der Waals surface area contributed by atoms with Gasteiger partial charge in [-0.2, -0.15) is 0 Å². The minimum atomic E-state index is 0.232. The number of nitrogens with two attached hydrogens (primary N) is 1. The first kappa shape index (κ1) is 8.97.